The molecule has 3 rings (SSSR count). The highest BCUT2D eigenvalue weighted by Gasteiger charge is 2.31. The maximum Gasteiger partial charge on any atom is 0.416 e. The molecule has 0 bridgehead atoms. The third-order valence-electron chi connectivity index (χ3n) is 3.94. The van der Waals surface area contributed by atoms with Crippen molar-refractivity contribution in [2.75, 3.05) is 5.32 Å². The Morgan fingerprint density at radius 3 is 2.31 bits per heavy atom. The molecule has 152 valence electrons. The Labute approximate surface area is 169 Å². The predicted octanol–water partition coefficient (Wildman–Crippen LogP) is 5.35. The largest absolute Gasteiger partial charge is 0.439 e. The molecule has 0 aliphatic carbocycles. The molecule has 3 aromatic rings. The van der Waals surface area contributed by atoms with Crippen LogP contribution in [-0.2, 0) is 16.0 Å². The van der Waals surface area contributed by atoms with E-state index in [0.717, 1.165) is 29.8 Å². The molecule has 0 unspecified atom stereocenters. The average molecular weight is 444 g/mol. The molecule has 1 aromatic heterocycles. The smallest absolute Gasteiger partial charge is 0.416 e. The number of hydrogen-bond acceptors (Lipinski definition) is 4. The first-order valence-electron chi connectivity index (χ1n) is 8.08. The number of rotatable bonds is 4. The first-order valence-corrected chi connectivity index (χ1v) is 9.94. The summed E-state index contributed by atoms with van der Waals surface area (Å²) in [6, 6.07) is 10.7. The highest BCUT2D eigenvalue weighted by atomic mass is 35.5. The molecule has 0 aliphatic heterocycles. The van der Waals surface area contributed by atoms with Crippen molar-refractivity contribution in [3.8, 4) is 0 Å². The van der Waals surface area contributed by atoms with Crippen LogP contribution in [0.1, 0.15) is 21.7 Å². The molecule has 0 saturated carbocycles. The summed E-state index contributed by atoms with van der Waals surface area (Å²) in [5, 5.41) is 1.60. The van der Waals surface area contributed by atoms with Gasteiger partial charge in [-0.2, -0.15) is 13.2 Å². The number of nitrogens with one attached hydrogen (secondary N) is 1. The van der Waals surface area contributed by atoms with E-state index < -0.39 is 38.3 Å². The van der Waals surface area contributed by atoms with Gasteiger partial charge < -0.3 is 9.73 Å². The number of amides is 1. The van der Waals surface area contributed by atoms with Gasteiger partial charge in [0, 0.05) is 0 Å². The number of alkyl halides is 3. The highest BCUT2D eigenvalue weighted by molar-refractivity contribution is 7.91. The summed E-state index contributed by atoms with van der Waals surface area (Å²) in [6.45, 7) is 1.80. The first-order chi connectivity index (χ1) is 13.5. The van der Waals surface area contributed by atoms with Crippen LogP contribution < -0.4 is 5.32 Å². The van der Waals surface area contributed by atoms with Crippen molar-refractivity contribution in [2.45, 2.75) is 23.1 Å². The summed E-state index contributed by atoms with van der Waals surface area (Å²) in [5.74, 6) is -1.35. The number of aryl methyl sites for hydroxylation is 1. The van der Waals surface area contributed by atoms with E-state index in [1.807, 2.05) is 0 Å². The minimum Gasteiger partial charge on any atom is -0.439 e. The highest BCUT2D eigenvalue weighted by Crippen LogP contribution is 2.34. The maximum atomic E-state index is 12.8. The van der Waals surface area contributed by atoms with Gasteiger partial charge in [0.25, 0.3) is 5.91 Å². The van der Waals surface area contributed by atoms with Crippen LogP contribution in [0.2, 0.25) is 5.02 Å². The number of hydrogen-bond donors (Lipinski definition) is 1. The fraction of sp³-hybridized carbons (Fsp3) is 0.105. The number of anilines is 1. The SMILES string of the molecule is Cc1ccc(S(=O)(=O)c2ccc(C(=O)Nc3cc(C(F)(F)F)ccc3Cl)o2)cc1. The van der Waals surface area contributed by atoms with Gasteiger partial charge in [-0.3, -0.25) is 4.79 Å². The molecule has 2 aromatic carbocycles. The third-order valence-corrected chi connectivity index (χ3v) is 5.91. The summed E-state index contributed by atoms with van der Waals surface area (Å²) < 4.78 is 68.8. The molecule has 5 nitrogen and oxygen atoms in total. The molecular weight excluding hydrogens is 431 g/mol. The molecule has 0 aliphatic rings. The van der Waals surface area contributed by atoms with Crippen molar-refractivity contribution in [1.82, 2.24) is 0 Å². The molecular formula is C19H13ClF3NO4S. The van der Waals surface area contributed by atoms with Crippen LogP contribution in [0.25, 0.3) is 0 Å². The molecule has 0 atom stereocenters. The van der Waals surface area contributed by atoms with Crippen molar-refractivity contribution >= 4 is 33.0 Å². The molecule has 0 saturated heterocycles. The van der Waals surface area contributed by atoms with Crippen LogP contribution >= 0.6 is 11.6 Å². The quantitative estimate of drug-likeness (QED) is 0.590. The van der Waals surface area contributed by atoms with Crippen LogP contribution in [0.3, 0.4) is 0 Å². The summed E-state index contributed by atoms with van der Waals surface area (Å²) in [7, 11) is -4.00. The molecule has 0 fully saturated rings. The van der Waals surface area contributed by atoms with E-state index in [1.165, 1.54) is 12.1 Å². The Morgan fingerprint density at radius 1 is 1.03 bits per heavy atom. The number of benzene rings is 2. The van der Waals surface area contributed by atoms with Gasteiger partial charge in [0.15, 0.2) is 5.76 Å². The molecule has 1 N–H and O–H groups in total. The zero-order valence-corrected chi connectivity index (χ0v) is 16.3. The molecule has 0 spiro atoms. The van der Waals surface area contributed by atoms with Gasteiger partial charge >= 0.3 is 6.18 Å². The molecule has 10 heteroatoms. The van der Waals surface area contributed by atoms with Crippen LogP contribution in [0.15, 0.2) is 69.0 Å². The average Bonchev–Trinajstić information content (AvgIpc) is 3.14. The van der Waals surface area contributed by atoms with E-state index in [0.29, 0.717) is 6.07 Å². The number of halogens is 4. The van der Waals surface area contributed by atoms with E-state index in [1.54, 1.807) is 19.1 Å². The van der Waals surface area contributed by atoms with E-state index >= 15 is 0 Å². The second-order valence-electron chi connectivity index (χ2n) is 6.08. The lowest BCUT2D eigenvalue weighted by atomic mass is 10.2. The monoisotopic (exact) mass is 443 g/mol. The first kappa shape index (κ1) is 20.9. The predicted molar refractivity (Wildman–Crippen MR) is 99.7 cm³/mol. The van der Waals surface area contributed by atoms with Gasteiger partial charge in [0.05, 0.1) is 21.2 Å². The fourth-order valence-corrected chi connectivity index (χ4v) is 3.74. The second kappa shape index (κ2) is 7.57. The van der Waals surface area contributed by atoms with Gasteiger partial charge in [-0.05, 0) is 49.4 Å². The van der Waals surface area contributed by atoms with Gasteiger partial charge in [0.1, 0.15) is 0 Å². The zero-order valence-electron chi connectivity index (χ0n) is 14.7. The summed E-state index contributed by atoms with van der Waals surface area (Å²) in [4.78, 5) is 12.3. The van der Waals surface area contributed by atoms with Gasteiger partial charge in [0.2, 0.25) is 14.9 Å². The maximum absolute atomic E-state index is 12.8. The van der Waals surface area contributed by atoms with Crippen LogP contribution in [0, 0.1) is 6.92 Å². The van der Waals surface area contributed by atoms with E-state index in [-0.39, 0.29) is 15.6 Å². The molecule has 1 heterocycles. The number of furan rings is 1. The Morgan fingerprint density at radius 2 is 1.69 bits per heavy atom. The van der Waals surface area contributed by atoms with Gasteiger partial charge in [-0.15, -0.1) is 0 Å². The van der Waals surface area contributed by atoms with Crippen molar-refractivity contribution < 1.29 is 30.8 Å². The lowest BCUT2D eigenvalue weighted by molar-refractivity contribution is -0.137. The Bertz CT molecular complexity index is 1170. The molecule has 0 radical (unpaired) electrons. The summed E-state index contributed by atoms with van der Waals surface area (Å²) >= 11 is 5.84. The standard InChI is InChI=1S/C19H13ClF3NO4S/c1-11-2-5-13(6-3-11)29(26,27)17-9-8-16(28-17)18(25)24-15-10-12(19(21,22)23)4-7-14(15)20/h2-10H,1H3,(H,24,25). The fourth-order valence-electron chi connectivity index (χ4n) is 2.40. The van der Waals surface area contributed by atoms with E-state index in [4.69, 9.17) is 16.0 Å². The Hall–Kier alpha value is -2.78. The van der Waals surface area contributed by atoms with Crippen LogP contribution in [-0.4, -0.2) is 14.3 Å². The van der Waals surface area contributed by atoms with Crippen LogP contribution in [0.4, 0.5) is 18.9 Å². The van der Waals surface area contributed by atoms with Crippen molar-refractivity contribution in [2.24, 2.45) is 0 Å². The van der Waals surface area contributed by atoms with Crippen molar-refractivity contribution in [3.63, 3.8) is 0 Å². The van der Waals surface area contributed by atoms with Gasteiger partial charge in [-0.25, -0.2) is 8.42 Å². The molecule has 1 amide bonds. The van der Waals surface area contributed by atoms with E-state index in [2.05, 4.69) is 5.32 Å². The lowest BCUT2D eigenvalue weighted by Gasteiger charge is -2.11. The summed E-state index contributed by atoms with van der Waals surface area (Å²) in [5.41, 5.74) is -0.424. The van der Waals surface area contributed by atoms with E-state index in [9.17, 15) is 26.4 Å². The second-order valence-corrected chi connectivity index (χ2v) is 8.37. The third kappa shape index (κ3) is 4.46. The van der Waals surface area contributed by atoms with Gasteiger partial charge in [-0.1, -0.05) is 29.3 Å². The van der Waals surface area contributed by atoms with Crippen molar-refractivity contribution in [1.29, 1.82) is 0 Å². The van der Waals surface area contributed by atoms with Crippen LogP contribution in [0.5, 0.6) is 0 Å². The number of carbonyl (C=O) groups excluding carboxylic acids is 1. The Kier molecular flexibility index (Phi) is 5.46. The molecule has 29 heavy (non-hydrogen) atoms. The number of carbonyl (C=O) groups is 1. The Balaban J connectivity index is 1.86. The minimum absolute atomic E-state index is 0.0228. The zero-order chi connectivity index (χ0) is 21.4. The normalized spacial score (nSPS) is 12.0. The lowest BCUT2D eigenvalue weighted by Crippen LogP contribution is -2.13. The van der Waals surface area contributed by atoms with Crippen molar-refractivity contribution in [3.05, 3.63) is 76.5 Å². The number of sulfone groups is 1. The topological polar surface area (TPSA) is 76.4 Å². The minimum atomic E-state index is -4.62. The summed E-state index contributed by atoms with van der Waals surface area (Å²) in [6.07, 6.45) is -4.62.